The van der Waals surface area contributed by atoms with E-state index in [1.54, 1.807) is 18.5 Å². The van der Waals surface area contributed by atoms with E-state index < -0.39 is 10.0 Å². The Balaban J connectivity index is 1.96. The van der Waals surface area contributed by atoms with E-state index in [9.17, 15) is 8.42 Å². The van der Waals surface area contributed by atoms with E-state index in [4.69, 9.17) is 4.74 Å². The summed E-state index contributed by atoms with van der Waals surface area (Å²) in [5.74, 6) is 1.38. The number of sulfonamides is 1. The van der Waals surface area contributed by atoms with Crippen LogP contribution in [0.3, 0.4) is 0 Å². The molecular formula is C15H21N3O3S. The Kier molecular flexibility index (Phi) is 4.87. The minimum absolute atomic E-state index is 0.0605. The fraction of sp³-hybridized carbons (Fsp3) is 0.400. The molecule has 0 amide bonds. The first-order valence-corrected chi connectivity index (χ1v) is 8.40. The minimum Gasteiger partial charge on any atom is -0.492 e. The Labute approximate surface area is 131 Å². The molecule has 0 radical (unpaired) electrons. The summed E-state index contributed by atoms with van der Waals surface area (Å²) in [6.07, 6.45) is 1.52. The molecule has 0 fully saturated rings. The molecule has 0 aliphatic carbocycles. The summed E-state index contributed by atoms with van der Waals surface area (Å²) in [5, 5.41) is 0.0605. The molecular weight excluding hydrogens is 302 g/mol. The SMILES string of the molecule is Cc1ccc(OCCN(C)S(=O)(=O)c2cn(C)c(C)n2)cc1. The van der Waals surface area contributed by atoms with Gasteiger partial charge in [-0.2, -0.15) is 4.31 Å². The number of benzene rings is 1. The number of imidazole rings is 1. The first-order valence-electron chi connectivity index (χ1n) is 6.96. The summed E-state index contributed by atoms with van der Waals surface area (Å²) in [7, 11) is -0.289. The summed E-state index contributed by atoms with van der Waals surface area (Å²) >= 11 is 0. The van der Waals surface area contributed by atoms with Crippen molar-refractivity contribution in [3.8, 4) is 5.75 Å². The number of aromatic nitrogens is 2. The van der Waals surface area contributed by atoms with Gasteiger partial charge in [-0.15, -0.1) is 0 Å². The van der Waals surface area contributed by atoms with Gasteiger partial charge in [-0.25, -0.2) is 13.4 Å². The Morgan fingerprint density at radius 2 is 1.86 bits per heavy atom. The van der Waals surface area contributed by atoms with E-state index in [-0.39, 0.29) is 18.2 Å². The molecule has 0 spiro atoms. The van der Waals surface area contributed by atoms with Crippen LogP contribution in [0.4, 0.5) is 0 Å². The third-order valence-electron chi connectivity index (χ3n) is 3.46. The highest BCUT2D eigenvalue weighted by atomic mass is 32.2. The Bertz CT molecular complexity index is 716. The van der Waals surface area contributed by atoms with Gasteiger partial charge in [0, 0.05) is 26.8 Å². The largest absolute Gasteiger partial charge is 0.492 e. The first-order chi connectivity index (χ1) is 10.3. The third-order valence-corrected chi connectivity index (χ3v) is 5.19. The fourth-order valence-electron chi connectivity index (χ4n) is 1.86. The highest BCUT2D eigenvalue weighted by molar-refractivity contribution is 7.89. The van der Waals surface area contributed by atoms with Gasteiger partial charge in [-0.1, -0.05) is 17.7 Å². The Morgan fingerprint density at radius 1 is 1.23 bits per heavy atom. The zero-order valence-corrected chi connectivity index (χ0v) is 14.1. The number of hydrogen-bond acceptors (Lipinski definition) is 4. The van der Waals surface area contributed by atoms with E-state index in [0.717, 1.165) is 11.3 Å². The van der Waals surface area contributed by atoms with Crippen LogP contribution < -0.4 is 4.74 Å². The highest BCUT2D eigenvalue weighted by Crippen LogP contribution is 2.14. The fourth-order valence-corrected chi connectivity index (χ4v) is 3.03. The summed E-state index contributed by atoms with van der Waals surface area (Å²) in [4.78, 5) is 4.07. The second kappa shape index (κ2) is 6.50. The first kappa shape index (κ1) is 16.5. The topological polar surface area (TPSA) is 64.4 Å². The maximum Gasteiger partial charge on any atom is 0.261 e. The quantitative estimate of drug-likeness (QED) is 0.812. The lowest BCUT2D eigenvalue weighted by molar-refractivity contribution is 0.286. The number of aryl methyl sites for hydroxylation is 3. The molecule has 120 valence electrons. The Hall–Kier alpha value is -1.86. The smallest absolute Gasteiger partial charge is 0.261 e. The second-order valence-corrected chi connectivity index (χ2v) is 7.22. The summed E-state index contributed by atoms with van der Waals surface area (Å²) in [6.45, 7) is 4.30. The molecule has 0 aliphatic rings. The molecule has 6 nitrogen and oxygen atoms in total. The molecule has 0 N–H and O–H groups in total. The van der Waals surface area contributed by atoms with Crippen molar-refractivity contribution < 1.29 is 13.2 Å². The van der Waals surface area contributed by atoms with Gasteiger partial charge in [0.1, 0.15) is 18.2 Å². The van der Waals surface area contributed by atoms with Gasteiger partial charge in [0.15, 0.2) is 5.03 Å². The maximum absolute atomic E-state index is 12.4. The molecule has 2 rings (SSSR count). The van der Waals surface area contributed by atoms with Crippen LogP contribution in [-0.2, 0) is 17.1 Å². The molecule has 0 saturated heterocycles. The van der Waals surface area contributed by atoms with E-state index in [0.29, 0.717) is 5.82 Å². The van der Waals surface area contributed by atoms with Crippen molar-refractivity contribution in [2.45, 2.75) is 18.9 Å². The van der Waals surface area contributed by atoms with Gasteiger partial charge < -0.3 is 9.30 Å². The van der Waals surface area contributed by atoms with Crippen LogP contribution in [0, 0.1) is 13.8 Å². The minimum atomic E-state index is -3.58. The summed E-state index contributed by atoms with van der Waals surface area (Å²) in [5.41, 5.74) is 1.15. The number of ether oxygens (including phenoxy) is 1. The zero-order chi connectivity index (χ0) is 16.3. The summed E-state index contributed by atoms with van der Waals surface area (Å²) in [6, 6.07) is 7.64. The molecule has 1 aromatic heterocycles. The van der Waals surface area contributed by atoms with Crippen molar-refractivity contribution in [1.82, 2.24) is 13.9 Å². The molecule has 0 unspecified atom stereocenters. The highest BCUT2D eigenvalue weighted by Gasteiger charge is 2.24. The van der Waals surface area contributed by atoms with Gasteiger partial charge in [-0.05, 0) is 26.0 Å². The lowest BCUT2D eigenvalue weighted by Gasteiger charge is -2.16. The van der Waals surface area contributed by atoms with Crippen LogP contribution >= 0.6 is 0 Å². The summed E-state index contributed by atoms with van der Waals surface area (Å²) < 4.78 is 33.3. The van der Waals surface area contributed by atoms with Gasteiger partial charge in [0.25, 0.3) is 10.0 Å². The van der Waals surface area contributed by atoms with E-state index in [1.807, 2.05) is 31.2 Å². The molecule has 22 heavy (non-hydrogen) atoms. The van der Waals surface area contributed by atoms with Crippen molar-refractivity contribution in [2.75, 3.05) is 20.2 Å². The van der Waals surface area contributed by atoms with Crippen LogP contribution in [0.2, 0.25) is 0 Å². The molecule has 1 heterocycles. The van der Waals surface area contributed by atoms with E-state index >= 15 is 0 Å². The number of hydrogen-bond donors (Lipinski definition) is 0. The molecule has 1 aromatic carbocycles. The van der Waals surface area contributed by atoms with E-state index in [2.05, 4.69) is 4.98 Å². The molecule has 0 aliphatic heterocycles. The van der Waals surface area contributed by atoms with Crippen molar-refractivity contribution in [1.29, 1.82) is 0 Å². The van der Waals surface area contributed by atoms with Gasteiger partial charge in [-0.3, -0.25) is 0 Å². The van der Waals surface area contributed by atoms with Crippen molar-refractivity contribution >= 4 is 10.0 Å². The molecule has 0 saturated carbocycles. The number of likely N-dealkylation sites (N-methyl/N-ethyl adjacent to an activating group) is 1. The van der Waals surface area contributed by atoms with Crippen molar-refractivity contribution in [2.24, 2.45) is 7.05 Å². The van der Waals surface area contributed by atoms with Gasteiger partial charge >= 0.3 is 0 Å². The average molecular weight is 323 g/mol. The Morgan fingerprint density at radius 3 is 2.41 bits per heavy atom. The van der Waals surface area contributed by atoms with Gasteiger partial charge in [0.2, 0.25) is 0 Å². The molecule has 0 atom stereocenters. The van der Waals surface area contributed by atoms with E-state index in [1.165, 1.54) is 17.5 Å². The van der Waals surface area contributed by atoms with Crippen LogP contribution in [0.25, 0.3) is 0 Å². The van der Waals surface area contributed by atoms with Crippen molar-refractivity contribution in [3.05, 3.63) is 41.9 Å². The van der Waals surface area contributed by atoms with Crippen molar-refractivity contribution in [3.63, 3.8) is 0 Å². The average Bonchev–Trinajstić information content (AvgIpc) is 2.81. The number of rotatable bonds is 6. The van der Waals surface area contributed by atoms with Crippen LogP contribution in [0.1, 0.15) is 11.4 Å². The molecule has 2 aromatic rings. The lowest BCUT2D eigenvalue weighted by atomic mass is 10.2. The normalized spacial score (nSPS) is 11.9. The van der Waals surface area contributed by atoms with Crippen LogP contribution in [0.5, 0.6) is 5.75 Å². The molecule has 0 bridgehead atoms. The number of nitrogens with zero attached hydrogens (tertiary/aromatic N) is 3. The lowest BCUT2D eigenvalue weighted by Crippen LogP contribution is -2.31. The standard InChI is InChI=1S/C15H21N3O3S/c1-12-5-7-14(8-6-12)21-10-9-18(4)22(19,20)15-11-17(3)13(2)16-15/h5-8,11H,9-10H2,1-4H3. The predicted molar refractivity (Wildman–Crippen MR) is 84.4 cm³/mol. The van der Waals surface area contributed by atoms with Gasteiger partial charge in [0.05, 0.1) is 0 Å². The van der Waals surface area contributed by atoms with Crippen LogP contribution in [-0.4, -0.2) is 42.5 Å². The molecule has 7 heteroatoms. The maximum atomic E-state index is 12.4. The zero-order valence-electron chi connectivity index (χ0n) is 13.3. The predicted octanol–water partition coefficient (Wildman–Crippen LogP) is 1.74. The monoisotopic (exact) mass is 323 g/mol. The van der Waals surface area contributed by atoms with Crippen LogP contribution in [0.15, 0.2) is 35.5 Å². The second-order valence-electron chi connectivity index (χ2n) is 5.23. The third kappa shape index (κ3) is 3.66.